The fourth-order valence-corrected chi connectivity index (χ4v) is 3.10. The number of pyridine rings is 1. The number of sulfonamides is 1. The molecule has 7 heteroatoms. The van der Waals surface area contributed by atoms with Crippen LogP contribution in [0.25, 0.3) is 0 Å². The first-order valence-corrected chi connectivity index (χ1v) is 7.87. The van der Waals surface area contributed by atoms with E-state index in [0.717, 1.165) is 12.1 Å². The number of nitrogens with one attached hydrogen (secondary N) is 1. The molecule has 112 valence electrons. The molecule has 21 heavy (non-hydrogen) atoms. The maximum atomic E-state index is 13.1. The largest absolute Gasteiger partial charge is 0.260 e. The number of benzene rings is 1. The minimum atomic E-state index is -3.75. The van der Waals surface area contributed by atoms with Crippen LogP contribution in [-0.2, 0) is 15.8 Å². The van der Waals surface area contributed by atoms with Gasteiger partial charge in [0.25, 0.3) is 0 Å². The highest BCUT2D eigenvalue weighted by molar-refractivity contribution is 7.88. The molecule has 0 saturated heterocycles. The lowest BCUT2D eigenvalue weighted by Crippen LogP contribution is -2.31. The van der Waals surface area contributed by atoms with E-state index in [2.05, 4.69) is 9.71 Å². The van der Waals surface area contributed by atoms with Gasteiger partial charge in [0, 0.05) is 6.20 Å². The molecule has 0 amide bonds. The molecule has 0 aliphatic carbocycles. The second kappa shape index (κ2) is 6.73. The maximum absolute atomic E-state index is 13.1. The zero-order valence-corrected chi connectivity index (χ0v) is 11.9. The van der Waals surface area contributed by atoms with Crippen molar-refractivity contribution in [2.75, 3.05) is 6.67 Å². The fourth-order valence-electron chi connectivity index (χ4n) is 1.82. The molecule has 0 saturated carbocycles. The lowest BCUT2D eigenvalue weighted by molar-refractivity contribution is 0.413. The van der Waals surface area contributed by atoms with E-state index in [-0.39, 0.29) is 5.75 Å². The van der Waals surface area contributed by atoms with Gasteiger partial charge in [-0.25, -0.2) is 21.9 Å². The molecule has 2 aromatic rings. The monoisotopic (exact) mass is 312 g/mol. The van der Waals surface area contributed by atoms with Crippen LogP contribution in [0.3, 0.4) is 0 Å². The number of hydrogen-bond acceptors (Lipinski definition) is 3. The number of nitrogens with zero attached hydrogens (tertiary/aromatic N) is 1. The van der Waals surface area contributed by atoms with E-state index in [1.807, 2.05) is 0 Å². The second-order valence-corrected chi connectivity index (χ2v) is 6.21. The van der Waals surface area contributed by atoms with Crippen LogP contribution in [0.2, 0.25) is 0 Å². The summed E-state index contributed by atoms with van der Waals surface area (Å²) in [4.78, 5) is 3.92. The van der Waals surface area contributed by atoms with Gasteiger partial charge >= 0.3 is 0 Å². The van der Waals surface area contributed by atoms with E-state index in [1.165, 1.54) is 18.3 Å². The maximum Gasteiger partial charge on any atom is 0.217 e. The molecule has 0 aliphatic heterocycles. The second-order valence-electron chi connectivity index (χ2n) is 4.46. The van der Waals surface area contributed by atoms with E-state index < -0.39 is 28.6 Å². The van der Waals surface area contributed by atoms with Gasteiger partial charge in [0.05, 0.1) is 11.7 Å². The fraction of sp³-hybridized carbons (Fsp3) is 0.214. The van der Waals surface area contributed by atoms with Crippen molar-refractivity contribution in [3.8, 4) is 0 Å². The SMILES string of the molecule is O=S(=O)(Cc1ccccn1)NC(CF)c1ccc(F)cc1. The Morgan fingerprint density at radius 1 is 1.14 bits per heavy atom. The van der Waals surface area contributed by atoms with E-state index in [9.17, 15) is 17.2 Å². The highest BCUT2D eigenvalue weighted by Crippen LogP contribution is 2.16. The molecule has 1 atom stereocenters. The zero-order valence-electron chi connectivity index (χ0n) is 11.0. The Labute approximate surface area is 121 Å². The van der Waals surface area contributed by atoms with Gasteiger partial charge in [-0.15, -0.1) is 0 Å². The van der Waals surface area contributed by atoms with Crippen molar-refractivity contribution >= 4 is 10.0 Å². The summed E-state index contributed by atoms with van der Waals surface area (Å²) >= 11 is 0. The normalized spacial score (nSPS) is 13.0. The first-order chi connectivity index (χ1) is 10.00. The molecule has 4 nitrogen and oxygen atoms in total. The Morgan fingerprint density at radius 2 is 1.86 bits per heavy atom. The van der Waals surface area contributed by atoms with Crippen LogP contribution in [0.4, 0.5) is 8.78 Å². The summed E-state index contributed by atoms with van der Waals surface area (Å²) in [5, 5.41) is 0. The Bertz CT molecular complexity index is 676. The molecule has 0 radical (unpaired) electrons. The lowest BCUT2D eigenvalue weighted by Gasteiger charge is -2.16. The van der Waals surface area contributed by atoms with Crippen molar-refractivity contribution in [1.82, 2.24) is 9.71 Å². The Kier molecular flexibility index (Phi) is 4.98. The van der Waals surface area contributed by atoms with Crippen LogP contribution in [0, 0.1) is 5.82 Å². The van der Waals surface area contributed by atoms with Crippen molar-refractivity contribution in [2.45, 2.75) is 11.8 Å². The van der Waals surface area contributed by atoms with Gasteiger partial charge in [-0.1, -0.05) is 18.2 Å². The third-order valence-corrected chi connectivity index (χ3v) is 4.13. The minimum absolute atomic E-state index is 0.342. The molecule has 1 aromatic heterocycles. The first kappa shape index (κ1) is 15.5. The molecule has 0 spiro atoms. The third-order valence-electron chi connectivity index (χ3n) is 2.81. The van der Waals surface area contributed by atoms with Gasteiger partial charge in [-0.05, 0) is 29.8 Å². The average Bonchev–Trinajstić information content (AvgIpc) is 2.46. The van der Waals surface area contributed by atoms with Crippen LogP contribution >= 0.6 is 0 Å². The van der Waals surface area contributed by atoms with Gasteiger partial charge in [-0.2, -0.15) is 0 Å². The van der Waals surface area contributed by atoms with Crippen molar-refractivity contribution in [3.63, 3.8) is 0 Å². The van der Waals surface area contributed by atoms with Crippen LogP contribution in [-0.4, -0.2) is 20.1 Å². The Hall–Kier alpha value is -1.86. The van der Waals surface area contributed by atoms with Crippen molar-refractivity contribution in [2.24, 2.45) is 0 Å². The van der Waals surface area contributed by atoms with Gasteiger partial charge < -0.3 is 0 Å². The van der Waals surface area contributed by atoms with E-state index in [4.69, 9.17) is 0 Å². The van der Waals surface area contributed by atoms with Crippen molar-refractivity contribution in [1.29, 1.82) is 0 Å². The predicted octanol–water partition coefficient (Wildman–Crippen LogP) is 2.35. The third kappa shape index (κ3) is 4.57. The lowest BCUT2D eigenvalue weighted by atomic mass is 10.1. The van der Waals surface area contributed by atoms with E-state index in [1.54, 1.807) is 18.2 Å². The molecule has 0 aliphatic rings. The highest BCUT2D eigenvalue weighted by atomic mass is 32.2. The molecule has 0 bridgehead atoms. The van der Waals surface area contributed by atoms with Gasteiger partial charge in [0.1, 0.15) is 18.2 Å². The molecule has 1 aromatic carbocycles. The molecule has 1 N–H and O–H groups in total. The van der Waals surface area contributed by atoms with Crippen LogP contribution in [0.1, 0.15) is 17.3 Å². The van der Waals surface area contributed by atoms with Crippen LogP contribution < -0.4 is 4.72 Å². The van der Waals surface area contributed by atoms with Gasteiger partial charge in [0.15, 0.2) is 0 Å². The predicted molar refractivity (Wildman–Crippen MR) is 75.1 cm³/mol. The number of alkyl halides is 1. The first-order valence-electron chi connectivity index (χ1n) is 6.21. The number of halogens is 2. The van der Waals surface area contributed by atoms with Crippen LogP contribution in [0.5, 0.6) is 0 Å². The van der Waals surface area contributed by atoms with E-state index in [0.29, 0.717) is 11.3 Å². The smallest absolute Gasteiger partial charge is 0.217 e. The highest BCUT2D eigenvalue weighted by Gasteiger charge is 2.20. The quantitative estimate of drug-likeness (QED) is 0.891. The number of rotatable bonds is 6. The molecular weight excluding hydrogens is 298 g/mol. The van der Waals surface area contributed by atoms with Gasteiger partial charge in [-0.3, -0.25) is 4.98 Å². The summed E-state index contributed by atoms with van der Waals surface area (Å²) < 4.78 is 52.2. The standard InChI is InChI=1S/C14H14F2N2O2S/c15-9-14(11-4-6-12(16)7-5-11)18-21(19,20)10-13-3-1-2-8-17-13/h1-8,14,18H,9-10H2. The number of aromatic nitrogens is 1. The summed E-state index contributed by atoms with van der Waals surface area (Å²) in [7, 11) is -3.75. The topological polar surface area (TPSA) is 59.1 Å². The summed E-state index contributed by atoms with van der Waals surface area (Å²) in [5.41, 5.74) is 0.727. The summed E-state index contributed by atoms with van der Waals surface area (Å²) in [6.45, 7) is -0.924. The number of hydrogen-bond donors (Lipinski definition) is 1. The molecule has 1 unspecified atom stereocenters. The average molecular weight is 312 g/mol. The van der Waals surface area contributed by atoms with E-state index >= 15 is 0 Å². The minimum Gasteiger partial charge on any atom is -0.260 e. The summed E-state index contributed by atoms with van der Waals surface area (Å²) in [6, 6.07) is 8.89. The van der Waals surface area contributed by atoms with Crippen molar-refractivity contribution in [3.05, 3.63) is 65.7 Å². The molecular formula is C14H14F2N2O2S. The molecule has 2 rings (SSSR count). The van der Waals surface area contributed by atoms with Crippen molar-refractivity contribution < 1.29 is 17.2 Å². The Balaban J connectivity index is 2.12. The summed E-state index contributed by atoms with van der Waals surface area (Å²) in [6.07, 6.45) is 1.48. The van der Waals surface area contributed by atoms with Gasteiger partial charge in [0.2, 0.25) is 10.0 Å². The molecule has 1 heterocycles. The molecule has 0 fully saturated rings. The summed E-state index contributed by atoms with van der Waals surface area (Å²) in [5.74, 6) is -0.807. The Morgan fingerprint density at radius 3 is 2.43 bits per heavy atom. The zero-order chi connectivity index (χ0) is 15.3. The van der Waals surface area contributed by atoms with Crippen LogP contribution in [0.15, 0.2) is 48.7 Å².